The Morgan fingerprint density at radius 2 is 2.11 bits per heavy atom. The molecule has 0 radical (unpaired) electrons. The number of urea groups is 1. The van der Waals surface area contributed by atoms with Gasteiger partial charge in [-0.15, -0.1) is 0 Å². The molecule has 1 saturated heterocycles. The number of benzene rings is 1. The number of carbonyl (C=O) groups excluding carboxylic acids is 1. The number of nitrogens with zero attached hydrogens (tertiary/aromatic N) is 2. The van der Waals surface area contributed by atoms with Gasteiger partial charge in [-0.25, -0.2) is 4.79 Å². The largest absolute Gasteiger partial charge is 0.378 e. The van der Waals surface area contributed by atoms with Crippen LogP contribution in [0.5, 0.6) is 0 Å². The lowest BCUT2D eigenvalue weighted by atomic mass is 10.2. The van der Waals surface area contributed by atoms with E-state index < -0.39 is 0 Å². The Hall–Kier alpha value is -1.75. The van der Waals surface area contributed by atoms with E-state index in [4.69, 9.17) is 4.74 Å². The number of ether oxygens (including phenoxy) is 1. The highest BCUT2D eigenvalue weighted by Gasteiger charge is 2.15. The van der Waals surface area contributed by atoms with Gasteiger partial charge in [0.25, 0.3) is 0 Å². The smallest absolute Gasteiger partial charge is 0.317 e. The van der Waals surface area contributed by atoms with Gasteiger partial charge in [0, 0.05) is 39.4 Å². The van der Waals surface area contributed by atoms with E-state index in [-0.39, 0.29) is 6.03 Å². The molecule has 0 unspecified atom stereocenters. The molecular weight excluding hydrogens is 242 g/mol. The molecule has 1 heterocycles. The summed E-state index contributed by atoms with van der Waals surface area (Å²) in [5.74, 6) is 0. The van der Waals surface area contributed by atoms with E-state index in [0.717, 1.165) is 11.3 Å². The van der Waals surface area contributed by atoms with Gasteiger partial charge in [0.05, 0.1) is 13.2 Å². The highest BCUT2D eigenvalue weighted by molar-refractivity contribution is 5.74. The van der Waals surface area contributed by atoms with Crippen LogP contribution < -0.4 is 10.2 Å². The van der Waals surface area contributed by atoms with Crippen molar-refractivity contribution in [2.24, 2.45) is 0 Å². The van der Waals surface area contributed by atoms with Crippen molar-refractivity contribution in [3.05, 3.63) is 29.8 Å². The molecule has 0 saturated carbocycles. The number of hydrogen-bond donors (Lipinski definition) is 1. The Labute approximate surface area is 114 Å². The van der Waals surface area contributed by atoms with Crippen molar-refractivity contribution < 1.29 is 9.53 Å². The van der Waals surface area contributed by atoms with E-state index in [1.165, 1.54) is 0 Å². The van der Waals surface area contributed by atoms with Crippen LogP contribution in [-0.4, -0.2) is 51.3 Å². The number of amides is 2. The van der Waals surface area contributed by atoms with Crippen LogP contribution in [0.3, 0.4) is 0 Å². The normalized spacial score (nSPS) is 15.2. The van der Waals surface area contributed by atoms with Gasteiger partial charge in [0.15, 0.2) is 0 Å². The van der Waals surface area contributed by atoms with Crippen molar-refractivity contribution in [2.75, 3.05) is 45.3 Å². The molecule has 0 atom stereocenters. The zero-order valence-electron chi connectivity index (χ0n) is 11.6. The molecule has 1 aliphatic rings. The maximum atomic E-state index is 11.9. The van der Waals surface area contributed by atoms with Crippen molar-refractivity contribution in [1.82, 2.24) is 10.2 Å². The first-order chi connectivity index (χ1) is 9.16. The fourth-order valence-corrected chi connectivity index (χ4v) is 2.00. The Balaban J connectivity index is 1.87. The molecule has 19 heavy (non-hydrogen) atoms. The van der Waals surface area contributed by atoms with E-state index in [2.05, 4.69) is 11.4 Å². The molecule has 104 valence electrons. The zero-order valence-corrected chi connectivity index (χ0v) is 11.6. The first-order valence-corrected chi connectivity index (χ1v) is 6.53. The summed E-state index contributed by atoms with van der Waals surface area (Å²) in [5, 5.41) is 2.95. The maximum absolute atomic E-state index is 11.9. The van der Waals surface area contributed by atoms with E-state index in [0.29, 0.717) is 32.8 Å². The second-order valence-electron chi connectivity index (χ2n) is 4.82. The lowest BCUT2D eigenvalue weighted by Gasteiger charge is -2.27. The van der Waals surface area contributed by atoms with Gasteiger partial charge in [-0.1, -0.05) is 12.1 Å². The molecule has 1 aliphatic heterocycles. The average Bonchev–Trinajstić information content (AvgIpc) is 2.46. The van der Waals surface area contributed by atoms with Crippen LogP contribution in [0, 0.1) is 0 Å². The van der Waals surface area contributed by atoms with Gasteiger partial charge in [0.2, 0.25) is 0 Å². The van der Waals surface area contributed by atoms with Crippen molar-refractivity contribution in [2.45, 2.75) is 6.54 Å². The third kappa shape index (κ3) is 3.86. The van der Waals surface area contributed by atoms with Crippen LogP contribution in [-0.2, 0) is 11.3 Å². The van der Waals surface area contributed by atoms with Crippen LogP contribution in [0.15, 0.2) is 24.3 Å². The molecule has 0 aliphatic carbocycles. The summed E-state index contributed by atoms with van der Waals surface area (Å²) in [7, 11) is 4.01. The number of hydrogen-bond acceptors (Lipinski definition) is 3. The Kier molecular flexibility index (Phi) is 4.63. The molecule has 1 N–H and O–H groups in total. The van der Waals surface area contributed by atoms with Gasteiger partial charge in [-0.2, -0.15) is 0 Å². The fourth-order valence-electron chi connectivity index (χ4n) is 2.00. The van der Waals surface area contributed by atoms with Crippen LogP contribution >= 0.6 is 0 Å². The molecule has 1 aromatic carbocycles. The first kappa shape index (κ1) is 13.7. The minimum absolute atomic E-state index is 0.0152. The summed E-state index contributed by atoms with van der Waals surface area (Å²) in [5.41, 5.74) is 2.24. The minimum atomic E-state index is -0.0152. The summed E-state index contributed by atoms with van der Waals surface area (Å²) in [6, 6.07) is 8.14. The van der Waals surface area contributed by atoms with E-state index in [9.17, 15) is 4.79 Å². The van der Waals surface area contributed by atoms with Gasteiger partial charge in [-0.3, -0.25) is 0 Å². The Bertz CT molecular complexity index is 428. The molecule has 5 heteroatoms. The number of nitrogens with one attached hydrogen (secondary N) is 1. The molecule has 0 aromatic heterocycles. The van der Waals surface area contributed by atoms with Crippen LogP contribution in [0.1, 0.15) is 5.56 Å². The number of anilines is 1. The summed E-state index contributed by atoms with van der Waals surface area (Å²) < 4.78 is 5.23. The molecule has 5 nitrogen and oxygen atoms in total. The topological polar surface area (TPSA) is 44.8 Å². The average molecular weight is 263 g/mol. The van der Waals surface area contributed by atoms with Gasteiger partial charge in [0.1, 0.15) is 0 Å². The number of carbonyl (C=O) groups is 1. The van der Waals surface area contributed by atoms with Crippen molar-refractivity contribution in [1.29, 1.82) is 0 Å². The molecule has 0 spiro atoms. The van der Waals surface area contributed by atoms with Crippen LogP contribution in [0.4, 0.5) is 10.5 Å². The van der Waals surface area contributed by atoms with E-state index >= 15 is 0 Å². The fraction of sp³-hybridized carbons (Fsp3) is 0.500. The predicted molar refractivity (Wildman–Crippen MR) is 75.4 cm³/mol. The van der Waals surface area contributed by atoms with Crippen molar-refractivity contribution in [3.8, 4) is 0 Å². The molecule has 1 aromatic rings. The zero-order chi connectivity index (χ0) is 13.7. The minimum Gasteiger partial charge on any atom is -0.378 e. The van der Waals surface area contributed by atoms with Gasteiger partial charge < -0.3 is 19.9 Å². The van der Waals surface area contributed by atoms with Crippen LogP contribution in [0.2, 0.25) is 0 Å². The standard InChI is InChI=1S/C14H21N3O2/c1-16(2)13-5-3-4-12(10-13)11-15-14(18)17-6-8-19-9-7-17/h3-5,10H,6-9,11H2,1-2H3,(H,15,18). The van der Waals surface area contributed by atoms with E-state index in [1.54, 1.807) is 4.90 Å². The summed E-state index contributed by atoms with van der Waals surface area (Å²) in [6.07, 6.45) is 0. The summed E-state index contributed by atoms with van der Waals surface area (Å²) in [6.45, 7) is 3.15. The second kappa shape index (κ2) is 6.43. The quantitative estimate of drug-likeness (QED) is 0.894. The lowest BCUT2D eigenvalue weighted by molar-refractivity contribution is 0.0531. The van der Waals surface area contributed by atoms with Crippen LogP contribution in [0.25, 0.3) is 0 Å². The third-order valence-corrected chi connectivity index (χ3v) is 3.17. The molecule has 1 fully saturated rings. The molecule has 0 bridgehead atoms. The third-order valence-electron chi connectivity index (χ3n) is 3.17. The Morgan fingerprint density at radius 3 is 2.79 bits per heavy atom. The highest BCUT2D eigenvalue weighted by Crippen LogP contribution is 2.13. The molecule has 2 rings (SSSR count). The lowest BCUT2D eigenvalue weighted by Crippen LogP contribution is -2.45. The Morgan fingerprint density at radius 1 is 1.37 bits per heavy atom. The van der Waals surface area contributed by atoms with E-state index in [1.807, 2.05) is 37.2 Å². The summed E-state index contributed by atoms with van der Waals surface area (Å²) >= 11 is 0. The molecular formula is C14H21N3O2. The van der Waals surface area contributed by atoms with Crippen molar-refractivity contribution in [3.63, 3.8) is 0 Å². The van der Waals surface area contributed by atoms with Crippen molar-refractivity contribution >= 4 is 11.7 Å². The first-order valence-electron chi connectivity index (χ1n) is 6.53. The predicted octanol–water partition coefficient (Wildman–Crippen LogP) is 1.29. The van der Waals surface area contributed by atoms with Gasteiger partial charge >= 0.3 is 6.03 Å². The second-order valence-corrected chi connectivity index (χ2v) is 4.82. The highest BCUT2D eigenvalue weighted by atomic mass is 16.5. The number of morpholine rings is 1. The monoisotopic (exact) mass is 263 g/mol. The summed E-state index contributed by atoms with van der Waals surface area (Å²) in [4.78, 5) is 15.8. The SMILES string of the molecule is CN(C)c1cccc(CNC(=O)N2CCOCC2)c1. The maximum Gasteiger partial charge on any atom is 0.317 e. The van der Waals surface area contributed by atoms with Gasteiger partial charge in [-0.05, 0) is 17.7 Å². The number of rotatable bonds is 3. The molecule has 2 amide bonds.